The van der Waals surface area contributed by atoms with Gasteiger partial charge in [-0.05, 0) is 72.5 Å². The zero-order valence-corrected chi connectivity index (χ0v) is 21.3. The Kier molecular flexibility index (Phi) is 6.12. The van der Waals surface area contributed by atoms with Crippen molar-refractivity contribution in [2.75, 3.05) is 4.90 Å². The van der Waals surface area contributed by atoms with Gasteiger partial charge in [-0.15, -0.1) is 0 Å². The Morgan fingerprint density at radius 2 is 1.68 bits per heavy atom. The van der Waals surface area contributed by atoms with E-state index >= 15 is 0 Å². The van der Waals surface area contributed by atoms with Gasteiger partial charge >= 0.3 is 0 Å². The summed E-state index contributed by atoms with van der Waals surface area (Å²) in [4.78, 5) is 43.1. The molecule has 0 saturated heterocycles. The Labute approximate surface area is 218 Å². The fourth-order valence-electron chi connectivity index (χ4n) is 4.73. The molecule has 0 fully saturated rings. The van der Waals surface area contributed by atoms with Gasteiger partial charge in [0, 0.05) is 22.6 Å². The maximum atomic E-state index is 14.1. The summed E-state index contributed by atoms with van der Waals surface area (Å²) in [6.07, 6.45) is 0. The summed E-state index contributed by atoms with van der Waals surface area (Å²) in [7, 11) is 0. The van der Waals surface area contributed by atoms with E-state index in [1.54, 1.807) is 48.5 Å². The first-order valence-electron chi connectivity index (χ1n) is 11.9. The predicted octanol–water partition coefficient (Wildman–Crippen LogP) is 5.93. The number of nitrogens with zero attached hydrogens (tertiary/aromatic N) is 2. The van der Waals surface area contributed by atoms with Crippen LogP contribution in [0.4, 0.5) is 10.1 Å². The molecule has 5 rings (SSSR count). The van der Waals surface area contributed by atoms with E-state index in [0.29, 0.717) is 27.2 Å². The molecule has 2 heterocycles. The Balaban J connectivity index is 1.62. The third-order valence-electron chi connectivity index (χ3n) is 6.88. The summed E-state index contributed by atoms with van der Waals surface area (Å²) in [5, 5.41) is 3.87. The fourth-order valence-corrected chi connectivity index (χ4v) is 4.91. The molecule has 1 N–H and O–H groups in total. The van der Waals surface area contributed by atoms with Gasteiger partial charge in [0.05, 0.1) is 5.52 Å². The second-order valence-electron chi connectivity index (χ2n) is 9.64. The number of rotatable bonds is 5. The molecule has 0 unspecified atom stereocenters. The second-order valence-corrected chi connectivity index (χ2v) is 10.1. The van der Waals surface area contributed by atoms with Crippen LogP contribution in [0.1, 0.15) is 53.1 Å². The number of aromatic nitrogens is 1. The molecule has 0 saturated carbocycles. The zero-order valence-electron chi connectivity index (χ0n) is 20.6. The molecular formula is C29H25ClFN3O3. The minimum Gasteiger partial charge on any atom is -0.350 e. The highest BCUT2D eigenvalue weighted by molar-refractivity contribution is 6.32. The van der Waals surface area contributed by atoms with E-state index in [4.69, 9.17) is 11.6 Å². The molecule has 1 aromatic heterocycles. The van der Waals surface area contributed by atoms with Crippen molar-refractivity contribution in [1.29, 1.82) is 0 Å². The minimum atomic E-state index is -1.89. The van der Waals surface area contributed by atoms with Crippen molar-refractivity contribution in [1.82, 2.24) is 9.88 Å². The average Bonchev–Trinajstić information content (AvgIpc) is 3.26. The van der Waals surface area contributed by atoms with Gasteiger partial charge in [0.15, 0.2) is 0 Å². The summed E-state index contributed by atoms with van der Waals surface area (Å²) in [6.45, 7) is 5.63. The molecule has 1 aliphatic rings. The predicted molar refractivity (Wildman–Crippen MR) is 142 cm³/mol. The zero-order chi connectivity index (χ0) is 26.5. The number of benzene rings is 3. The lowest BCUT2D eigenvalue weighted by molar-refractivity contribution is -0.124. The normalized spacial score (nSPS) is 17.4. The molecule has 188 valence electrons. The van der Waals surface area contributed by atoms with Gasteiger partial charge in [-0.25, -0.2) is 4.39 Å². The van der Waals surface area contributed by atoms with Crippen LogP contribution in [0.15, 0.2) is 72.8 Å². The van der Waals surface area contributed by atoms with E-state index in [-0.39, 0.29) is 18.2 Å². The van der Waals surface area contributed by atoms with E-state index in [1.807, 2.05) is 12.1 Å². The monoisotopic (exact) mass is 517 g/mol. The Bertz CT molecular complexity index is 1540. The molecule has 37 heavy (non-hydrogen) atoms. The molecule has 2 amide bonds. The highest BCUT2D eigenvalue weighted by Crippen LogP contribution is 2.37. The van der Waals surface area contributed by atoms with E-state index in [0.717, 1.165) is 5.56 Å². The van der Waals surface area contributed by atoms with E-state index < -0.39 is 29.1 Å². The summed E-state index contributed by atoms with van der Waals surface area (Å²) in [6, 6.07) is 19.6. The lowest BCUT2D eigenvalue weighted by atomic mass is 9.92. The quantitative estimate of drug-likeness (QED) is 0.333. The van der Waals surface area contributed by atoms with Crippen molar-refractivity contribution >= 4 is 45.9 Å². The molecule has 1 aliphatic heterocycles. The smallest absolute Gasteiger partial charge is 0.276 e. The van der Waals surface area contributed by atoms with Crippen LogP contribution < -0.4 is 10.2 Å². The van der Waals surface area contributed by atoms with Crippen molar-refractivity contribution in [2.45, 2.75) is 38.8 Å². The van der Waals surface area contributed by atoms with Crippen molar-refractivity contribution in [2.24, 2.45) is 0 Å². The number of carbonyl (C=O) groups excluding carboxylic acids is 3. The third kappa shape index (κ3) is 4.09. The van der Waals surface area contributed by atoms with Crippen LogP contribution in [0.25, 0.3) is 10.9 Å². The molecule has 3 aromatic carbocycles. The van der Waals surface area contributed by atoms with Crippen molar-refractivity contribution in [3.05, 3.63) is 100 Å². The molecule has 0 spiro atoms. The Morgan fingerprint density at radius 3 is 2.32 bits per heavy atom. The molecule has 0 bridgehead atoms. The van der Waals surface area contributed by atoms with E-state index in [1.165, 1.54) is 28.5 Å². The number of hydrogen-bond acceptors (Lipinski definition) is 3. The van der Waals surface area contributed by atoms with E-state index in [9.17, 15) is 18.8 Å². The van der Waals surface area contributed by atoms with Gasteiger partial charge < -0.3 is 5.32 Å². The average molecular weight is 518 g/mol. The number of hydrogen-bond donors (Lipinski definition) is 1. The summed E-state index contributed by atoms with van der Waals surface area (Å²) in [5.41, 5.74) is 0.892. The highest BCUT2D eigenvalue weighted by Gasteiger charge is 2.55. The SMILES string of the molecule is CC(C)c1ccc(N2C(=O)c3cc4cc(Cl)ccc4n3C(=O)[C@]2(C)C(=O)NCc2ccc(F)cc2)cc1. The summed E-state index contributed by atoms with van der Waals surface area (Å²) < 4.78 is 14.6. The topological polar surface area (TPSA) is 71.4 Å². The van der Waals surface area contributed by atoms with Crippen LogP contribution in [-0.2, 0) is 11.3 Å². The largest absolute Gasteiger partial charge is 0.350 e. The van der Waals surface area contributed by atoms with Gasteiger partial charge in [-0.3, -0.25) is 23.9 Å². The van der Waals surface area contributed by atoms with Gasteiger partial charge in [-0.1, -0.05) is 49.7 Å². The first-order valence-corrected chi connectivity index (χ1v) is 12.3. The maximum absolute atomic E-state index is 14.1. The highest BCUT2D eigenvalue weighted by atomic mass is 35.5. The first kappa shape index (κ1) is 24.7. The minimum absolute atomic E-state index is 0.0607. The van der Waals surface area contributed by atoms with Gasteiger partial charge in [0.1, 0.15) is 11.5 Å². The Hall–Kier alpha value is -3.97. The molecule has 1 atom stereocenters. The number of anilines is 1. The number of halogens is 2. The van der Waals surface area contributed by atoms with Gasteiger partial charge in [0.25, 0.3) is 17.7 Å². The Morgan fingerprint density at radius 1 is 1.00 bits per heavy atom. The lowest BCUT2D eigenvalue weighted by Crippen LogP contribution is -2.68. The first-order chi connectivity index (χ1) is 17.6. The van der Waals surface area contributed by atoms with Crippen LogP contribution in [0.3, 0.4) is 0 Å². The van der Waals surface area contributed by atoms with Crippen LogP contribution in [0.2, 0.25) is 5.02 Å². The number of carbonyl (C=O) groups is 3. The molecule has 6 nitrogen and oxygen atoms in total. The van der Waals surface area contributed by atoms with Crippen molar-refractivity contribution in [3.8, 4) is 0 Å². The molecule has 0 radical (unpaired) electrons. The van der Waals surface area contributed by atoms with Gasteiger partial charge in [-0.2, -0.15) is 0 Å². The lowest BCUT2D eigenvalue weighted by Gasteiger charge is -2.42. The maximum Gasteiger partial charge on any atom is 0.276 e. The van der Waals surface area contributed by atoms with Gasteiger partial charge in [0.2, 0.25) is 5.54 Å². The number of amides is 2. The van der Waals surface area contributed by atoms with Crippen molar-refractivity contribution < 1.29 is 18.8 Å². The van der Waals surface area contributed by atoms with Crippen molar-refractivity contribution in [3.63, 3.8) is 0 Å². The fraction of sp³-hybridized carbons (Fsp3) is 0.207. The molecule has 8 heteroatoms. The third-order valence-corrected chi connectivity index (χ3v) is 7.11. The molecule has 4 aromatic rings. The second kappa shape index (κ2) is 9.16. The number of nitrogens with one attached hydrogen (secondary N) is 1. The summed E-state index contributed by atoms with van der Waals surface area (Å²) in [5.74, 6) is -1.82. The molecular weight excluding hydrogens is 493 g/mol. The standard InChI is InChI=1S/C29H25ClFN3O3/c1-17(2)19-6-11-23(12-7-19)34-26(35)25-15-20-14-21(30)8-13-24(20)33(25)28(37)29(34,3)27(36)32-16-18-4-9-22(31)10-5-18/h4-15,17H,16H2,1-3H3,(H,32,36)/t29-/m0/s1. The van der Waals surface area contributed by atoms with Crippen LogP contribution in [0, 0.1) is 5.82 Å². The van der Waals surface area contributed by atoms with Crippen LogP contribution in [0.5, 0.6) is 0 Å². The molecule has 0 aliphatic carbocycles. The number of fused-ring (bicyclic) bond motifs is 3. The summed E-state index contributed by atoms with van der Waals surface area (Å²) >= 11 is 6.16. The van der Waals surface area contributed by atoms with Crippen LogP contribution >= 0.6 is 11.6 Å². The van der Waals surface area contributed by atoms with Crippen LogP contribution in [-0.4, -0.2) is 27.8 Å². The van der Waals surface area contributed by atoms with E-state index in [2.05, 4.69) is 19.2 Å².